The Morgan fingerprint density at radius 1 is 1.12 bits per heavy atom. The number of rotatable bonds is 5. The summed E-state index contributed by atoms with van der Waals surface area (Å²) in [6, 6.07) is 13.0. The van der Waals surface area contributed by atoms with Crippen molar-refractivity contribution in [1.82, 2.24) is 5.32 Å². The minimum absolute atomic E-state index is 0.147. The SMILES string of the molecule is CCC(C)Oc1ccc(C(=O)NC(=S)Nc2c(C)cccc2C)cc1. The van der Waals surface area contributed by atoms with E-state index in [0.717, 1.165) is 29.0 Å². The van der Waals surface area contributed by atoms with Gasteiger partial charge in [0.25, 0.3) is 5.91 Å². The van der Waals surface area contributed by atoms with Crippen LogP contribution in [0.4, 0.5) is 5.69 Å². The van der Waals surface area contributed by atoms with Gasteiger partial charge in [0.1, 0.15) is 5.75 Å². The lowest BCUT2D eigenvalue weighted by Crippen LogP contribution is -2.34. The van der Waals surface area contributed by atoms with Crippen molar-refractivity contribution < 1.29 is 9.53 Å². The van der Waals surface area contributed by atoms with Gasteiger partial charge in [-0.3, -0.25) is 10.1 Å². The first-order chi connectivity index (χ1) is 11.9. The van der Waals surface area contributed by atoms with Crippen LogP contribution in [0, 0.1) is 13.8 Å². The fourth-order valence-electron chi connectivity index (χ4n) is 2.33. The molecule has 0 aromatic heterocycles. The van der Waals surface area contributed by atoms with E-state index in [4.69, 9.17) is 17.0 Å². The van der Waals surface area contributed by atoms with E-state index in [2.05, 4.69) is 17.6 Å². The van der Waals surface area contributed by atoms with Gasteiger partial charge >= 0.3 is 0 Å². The lowest BCUT2D eigenvalue weighted by molar-refractivity contribution is 0.0977. The zero-order valence-electron chi connectivity index (χ0n) is 15.1. The molecule has 5 heteroatoms. The number of para-hydroxylation sites is 1. The molecule has 0 fully saturated rings. The molecule has 25 heavy (non-hydrogen) atoms. The van der Waals surface area contributed by atoms with Gasteiger partial charge in [0.2, 0.25) is 0 Å². The van der Waals surface area contributed by atoms with Gasteiger partial charge < -0.3 is 10.1 Å². The maximum Gasteiger partial charge on any atom is 0.257 e. The minimum atomic E-state index is -0.251. The maximum absolute atomic E-state index is 12.3. The number of benzene rings is 2. The van der Waals surface area contributed by atoms with E-state index in [9.17, 15) is 4.79 Å². The Morgan fingerprint density at radius 2 is 1.72 bits per heavy atom. The van der Waals surface area contributed by atoms with Gasteiger partial charge in [-0.25, -0.2) is 0 Å². The smallest absolute Gasteiger partial charge is 0.257 e. The van der Waals surface area contributed by atoms with E-state index in [1.807, 2.05) is 39.0 Å². The molecule has 2 aromatic carbocycles. The van der Waals surface area contributed by atoms with Gasteiger partial charge in [0.15, 0.2) is 5.11 Å². The summed E-state index contributed by atoms with van der Waals surface area (Å²) in [4.78, 5) is 12.3. The number of hydrogen-bond donors (Lipinski definition) is 2. The molecule has 2 N–H and O–H groups in total. The first-order valence-corrected chi connectivity index (χ1v) is 8.76. The van der Waals surface area contributed by atoms with Crippen LogP contribution in [0.5, 0.6) is 5.75 Å². The van der Waals surface area contributed by atoms with Crippen molar-refractivity contribution in [3.05, 3.63) is 59.2 Å². The molecule has 0 radical (unpaired) electrons. The summed E-state index contributed by atoms with van der Waals surface area (Å²) in [5, 5.41) is 6.09. The standard InChI is InChI=1S/C20H24N2O2S/c1-5-15(4)24-17-11-9-16(10-12-17)19(23)22-20(25)21-18-13(2)7-6-8-14(18)3/h6-12,15H,5H2,1-4H3,(H2,21,22,23,25). The predicted molar refractivity (Wildman–Crippen MR) is 106 cm³/mol. The molecule has 1 unspecified atom stereocenters. The molecule has 1 atom stereocenters. The van der Waals surface area contributed by atoms with Crippen molar-refractivity contribution in [2.24, 2.45) is 0 Å². The molecule has 0 bridgehead atoms. The van der Waals surface area contributed by atoms with Crippen LogP contribution in [-0.2, 0) is 0 Å². The number of ether oxygens (including phenoxy) is 1. The fraction of sp³-hybridized carbons (Fsp3) is 0.300. The molecule has 0 saturated heterocycles. The summed E-state index contributed by atoms with van der Waals surface area (Å²) < 4.78 is 5.71. The van der Waals surface area contributed by atoms with Crippen LogP contribution >= 0.6 is 12.2 Å². The molecule has 0 aliphatic carbocycles. The van der Waals surface area contributed by atoms with Crippen molar-refractivity contribution >= 4 is 28.9 Å². The van der Waals surface area contributed by atoms with Crippen LogP contribution in [-0.4, -0.2) is 17.1 Å². The summed E-state index contributed by atoms with van der Waals surface area (Å²) in [6.45, 7) is 8.07. The highest BCUT2D eigenvalue weighted by Crippen LogP contribution is 2.19. The van der Waals surface area contributed by atoms with Gasteiger partial charge in [0.05, 0.1) is 6.10 Å². The number of aryl methyl sites for hydroxylation is 2. The number of carbonyl (C=O) groups is 1. The van der Waals surface area contributed by atoms with Crippen molar-refractivity contribution in [2.45, 2.75) is 40.2 Å². The van der Waals surface area contributed by atoms with Crippen LogP contribution < -0.4 is 15.4 Å². The summed E-state index contributed by atoms with van der Waals surface area (Å²) >= 11 is 5.26. The van der Waals surface area contributed by atoms with Crippen LogP contribution in [0.15, 0.2) is 42.5 Å². The fourth-order valence-corrected chi connectivity index (χ4v) is 2.53. The van der Waals surface area contributed by atoms with Crippen molar-refractivity contribution in [1.29, 1.82) is 0 Å². The third-order valence-corrected chi connectivity index (χ3v) is 4.18. The monoisotopic (exact) mass is 356 g/mol. The second-order valence-corrected chi connectivity index (χ2v) is 6.44. The van der Waals surface area contributed by atoms with Crippen LogP contribution in [0.25, 0.3) is 0 Å². The average Bonchev–Trinajstić information content (AvgIpc) is 2.58. The highest BCUT2D eigenvalue weighted by atomic mass is 32.1. The highest BCUT2D eigenvalue weighted by molar-refractivity contribution is 7.80. The average molecular weight is 356 g/mol. The number of anilines is 1. The topological polar surface area (TPSA) is 50.4 Å². The molecule has 132 valence electrons. The van der Waals surface area contributed by atoms with E-state index in [-0.39, 0.29) is 17.1 Å². The molecule has 0 saturated carbocycles. The Bertz CT molecular complexity index is 737. The second-order valence-electron chi connectivity index (χ2n) is 6.04. The predicted octanol–water partition coefficient (Wildman–Crippen LogP) is 4.61. The molecular formula is C20H24N2O2S. The lowest BCUT2D eigenvalue weighted by atomic mass is 10.1. The molecule has 2 aromatic rings. The molecule has 2 rings (SSSR count). The molecule has 0 aliphatic rings. The Morgan fingerprint density at radius 3 is 2.28 bits per heavy atom. The first kappa shape index (κ1) is 18.9. The van der Waals surface area contributed by atoms with E-state index in [1.54, 1.807) is 24.3 Å². The highest BCUT2D eigenvalue weighted by Gasteiger charge is 2.10. The Labute approximate surface area is 154 Å². The zero-order valence-corrected chi connectivity index (χ0v) is 15.9. The second kappa shape index (κ2) is 8.62. The van der Waals surface area contributed by atoms with Crippen LogP contribution in [0.2, 0.25) is 0 Å². The quantitative estimate of drug-likeness (QED) is 0.768. The van der Waals surface area contributed by atoms with E-state index in [0.29, 0.717) is 5.56 Å². The van der Waals surface area contributed by atoms with Gasteiger partial charge in [-0.2, -0.15) is 0 Å². The zero-order chi connectivity index (χ0) is 18.4. The number of nitrogens with one attached hydrogen (secondary N) is 2. The minimum Gasteiger partial charge on any atom is -0.491 e. The summed E-state index contributed by atoms with van der Waals surface area (Å²) in [7, 11) is 0. The van der Waals surface area contributed by atoms with E-state index >= 15 is 0 Å². The van der Waals surface area contributed by atoms with Crippen LogP contribution in [0.3, 0.4) is 0 Å². The molecule has 0 heterocycles. The summed E-state index contributed by atoms with van der Waals surface area (Å²) in [5.41, 5.74) is 3.60. The molecule has 1 amide bonds. The molecule has 4 nitrogen and oxygen atoms in total. The largest absolute Gasteiger partial charge is 0.491 e. The van der Waals surface area contributed by atoms with Gasteiger partial charge in [0, 0.05) is 11.3 Å². The summed E-state index contributed by atoms with van der Waals surface area (Å²) in [5.74, 6) is 0.501. The molecule has 0 aliphatic heterocycles. The Kier molecular flexibility index (Phi) is 6.53. The number of hydrogen-bond acceptors (Lipinski definition) is 3. The number of thiocarbonyl (C=S) groups is 1. The third kappa shape index (κ3) is 5.29. The Balaban J connectivity index is 1.98. The van der Waals surface area contributed by atoms with Crippen molar-refractivity contribution in [3.63, 3.8) is 0 Å². The van der Waals surface area contributed by atoms with Gasteiger partial charge in [-0.1, -0.05) is 25.1 Å². The summed E-state index contributed by atoms with van der Waals surface area (Å²) in [6.07, 6.45) is 1.08. The first-order valence-electron chi connectivity index (χ1n) is 8.36. The number of carbonyl (C=O) groups excluding carboxylic acids is 1. The molecule has 0 spiro atoms. The van der Waals surface area contributed by atoms with Crippen molar-refractivity contribution in [2.75, 3.05) is 5.32 Å². The van der Waals surface area contributed by atoms with Crippen LogP contribution in [0.1, 0.15) is 41.8 Å². The maximum atomic E-state index is 12.3. The van der Waals surface area contributed by atoms with E-state index in [1.165, 1.54) is 0 Å². The molecular weight excluding hydrogens is 332 g/mol. The van der Waals surface area contributed by atoms with Gasteiger partial charge in [-0.05, 0) is 74.8 Å². The number of amides is 1. The lowest BCUT2D eigenvalue weighted by Gasteiger charge is -2.15. The van der Waals surface area contributed by atoms with E-state index < -0.39 is 0 Å². The van der Waals surface area contributed by atoms with Crippen molar-refractivity contribution in [3.8, 4) is 5.75 Å². The normalized spacial score (nSPS) is 11.5. The Hall–Kier alpha value is -2.40. The van der Waals surface area contributed by atoms with Gasteiger partial charge in [-0.15, -0.1) is 0 Å². The third-order valence-electron chi connectivity index (χ3n) is 3.98.